The minimum absolute atomic E-state index is 0.175. The summed E-state index contributed by atoms with van der Waals surface area (Å²) in [7, 11) is 0. The maximum Gasteiger partial charge on any atom is 0.339 e. The van der Waals surface area contributed by atoms with Crippen LogP contribution in [0.25, 0.3) is 0 Å². The number of hydrogen-bond donors (Lipinski definition) is 2. The molecule has 5 fully saturated rings. The molecule has 66 heavy (non-hydrogen) atoms. The number of aryl methyl sites for hydroxylation is 2. The lowest BCUT2D eigenvalue weighted by Gasteiger charge is -2.72. The number of esters is 2. The molecular weight excluding hydrogens is 819 g/mol. The van der Waals surface area contributed by atoms with Gasteiger partial charge in [0.1, 0.15) is 11.2 Å². The Kier molecular flexibility index (Phi) is 9.23. The number of benzene rings is 2. The van der Waals surface area contributed by atoms with Crippen LogP contribution in [0.2, 0.25) is 0 Å². The molecule has 15 bridgehead atoms. The van der Waals surface area contributed by atoms with Crippen LogP contribution in [-0.4, -0.2) is 65.1 Å². The molecule has 0 radical (unpaired) electrons. The van der Waals surface area contributed by atoms with E-state index in [9.17, 15) is 5.11 Å². The lowest BCUT2D eigenvalue weighted by Crippen LogP contribution is -2.77. The molecule has 348 valence electrons. The first-order valence-electron chi connectivity index (χ1n) is 27.0. The van der Waals surface area contributed by atoms with Crippen LogP contribution in [0.1, 0.15) is 149 Å². The van der Waals surface area contributed by atoms with Gasteiger partial charge in [-0.15, -0.1) is 0 Å². The molecule has 2 saturated carbocycles. The summed E-state index contributed by atoms with van der Waals surface area (Å²) in [6, 6.07) is 16.6. The summed E-state index contributed by atoms with van der Waals surface area (Å²) in [4.78, 5) is 37.1. The molecule has 1 unspecified atom stereocenters. The lowest BCUT2D eigenvalue weighted by molar-refractivity contribution is -0.279. The zero-order valence-corrected chi connectivity index (χ0v) is 39.3. The van der Waals surface area contributed by atoms with E-state index in [2.05, 4.69) is 59.2 Å². The molecule has 2 aromatic rings. The predicted octanol–water partition coefficient (Wildman–Crippen LogP) is 10.2. The summed E-state index contributed by atoms with van der Waals surface area (Å²) in [5.41, 5.74) is 14.6. The summed E-state index contributed by atoms with van der Waals surface area (Å²) in [6.45, 7) is 6.40. The van der Waals surface area contributed by atoms with Gasteiger partial charge in [-0.1, -0.05) is 91.8 Å². The van der Waals surface area contributed by atoms with Crippen molar-refractivity contribution in [2.75, 3.05) is 26.2 Å². The fourth-order valence-corrected chi connectivity index (χ4v) is 19.3. The first-order valence-corrected chi connectivity index (χ1v) is 27.0. The largest absolute Gasteiger partial charge is 0.509 e. The Bertz CT molecular complexity index is 2520. The van der Waals surface area contributed by atoms with Crippen LogP contribution in [0.3, 0.4) is 0 Å². The number of nitrogens with two attached hydrogens (primary N) is 1. The van der Waals surface area contributed by atoms with Gasteiger partial charge in [0.05, 0.1) is 11.0 Å². The van der Waals surface area contributed by atoms with Gasteiger partial charge < -0.3 is 25.2 Å². The third-order valence-electron chi connectivity index (χ3n) is 21.2. The van der Waals surface area contributed by atoms with E-state index in [0.29, 0.717) is 78.7 Å². The number of ether oxygens (including phenoxy) is 2. The average molecular weight is 890 g/mol. The predicted molar refractivity (Wildman–Crippen MR) is 253 cm³/mol. The van der Waals surface area contributed by atoms with Crippen LogP contribution in [0, 0.1) is 58.2 Å². The molecule has 9 heterocycles. The SMILES string of the molecule is C[C@H]1CC2=C3[C@H]4C5=C6C[C@@H](Cc7cccc(c7)CCCC[C@H]7[C@]68C(=O)O/C(=C(\O)C[C@@H](C6CCCCC6)N6C[C@H]9C[C@@H](C6)[C@@H](CC2)N3C9)[C@@]8(CC5)[C@]72OC(=O)c3c(CCCN)cccc32)[C@H]41. The normalized spacial score (nSPS) is 43.0. The van der Waals surface area contributed by atoms with Gasteiger partial charge in [-0.3, -0.25) is 9.69 Å². The van der Waals surface area contributed by atoms with E-state index in [1.165, 1.54) is 80.1 Å². The highest BCUT2D eigenvalue weighted by atomic mass is 16.6. The molecule has 8 nitrogen and oxygen atoms in total. The van der Waals surface area contributed by atoms with Gasteiger partial charge in [0.2, 0.25) is 0 Å². The Labute approximate surface area is 391 Å². The Morgan fingerprint density at radius 3 is 2.56 bits per heavy atom. The highest BCUT2D eigenvalue weighted by Gasteiger charge is 2.93. The Balaban J connectivity index is 1.06. The molecule has 3 N–H and O–H groups in total. The maximum absolute atomic E-state index is 16.3. The highest BCUT2D eigenvalue weighted by Crippen LogP contribution is 2.87. The molecule has 3 spiro atoms. The van der Waals surface area contributed by atoms with E-state index in [1.54, 1.807) is 11.3 Å². The minimum atomic E-state index is -1.13. The average Bonchev–Trinajstić information content (AvgIpc) is 3.78. The monoisotopic (exact) mass is 890 g/mol. The van der Waals surface area contributed by atoms with Gasteiger partial charge in [-0.25, -0.2) is 4.79 Å². The first-order chi connectivity index (χ1) is 32.3. The van der Waals surface area contributed by atoms with Crippen molar-refractivity contribution >= 4 is 11.9 Å². The Morgan fingerprint density at radius 2 is 1.68 bits per heavy atom. The van der Waals surface area contributed by atoms with Crippen molar-refractivity contribution in [3.8, 4) is 0 Å². The van der Waals surface area contributed by atoms with Gasteiger partial charge >= 0.3 is 11.9 Å². The van der Waals surface area contributed by atoms with Crippen molar-refractivity contribution in [2.24, 2.45) is 63.9 Å². The molecule has 0 amide bonds. The molecule has 17 rings (SSSR count). The van der Waals surface area contributed by atoms with Gasteiger partial charge in [0.25, 0.3) is 0 Å². The molecule has 9 aliphatic heterocycles. The molecule has 8 heteroatoms. The number of aliphatic hydroxyl groups is 1. The number of fused-ring (bicyclic) bond motifs is 7. The lowest BCUT2D eigenvalue weighted by atomic mass is 9.28. The summed E-state index contributed by atoms with van der Waals surface area (Å²) < 4.78 is 14.4. The second kappa shape index (κ2) is 14.8. The highest BCUT2D eigenvalue weighted by molar-refractivity contribution is 6.00. The molecule has 2 aromatic carbocycles. The number of allylic oxidation sites excluding steroid dienone is 2. The second-order valence-electron chi connectivity index (χ2n) is 24.0. The van der Waals surface area contributed by atoms with Gasteiger partial charge in [0.15, 0.2) is 11.4 Å². The van der Waals surface area contributed by atoms with E-state index in [-0.39, 0.29) is 35.6 Å². The van der Waals surface area contributed by atoms with Crippen LogP contribution in [0.5, 0.6) is 0 Å². The van der Waals surface area contributed by atoms with E-state index < -0.39 is 16.4 Å². The van der Waals surface area contributed by atoms with Crippen LogP contribution in [-0.2, 0) is 39.1 Å². The second-order valence-corrected chi connectivity index (χ2v) is 24.0. The summed E-state index contributed by atoms with van der Waals surface area (Å²) in [6.07, 6.45) is 20.0. The molecule has 13 atom stereocenters. The van der Waals surface area contributed by atoms with Crippen molar-refractivity contribution < 1.29 is 24.2 Å². The van der Waals surface area contributed by atoms with Crippen LogP contribution in [0.4, 0.5) is 0 Å². The summed E-state index contributed by atoms with van der Waals surface area (Å²) in [5.74, 6) is 3.29. The summed E-state index contributed by atoms with van der Waals surface area (Å²) in [5, 5.41) is 13.4. The van der Waals surface area contributed by atoms with Crippen molar-refractivity contribution in [3.05, 3.63) is 104 Å². The first kappa shape index (κ1) is 41.1. The quantitative estimate of drug-likeness (QED) is 0.231. The van der Waals surface area contributed by atoms with Crippen molar-refractivity contribution in [3.63, 3.8) is 0 Å². The third kappa shape index (κ3) is 5.19. The van der Waals surface area contributed by atoms with Crippen LogP contribution < -0.4 is 5.73 Å². The summed E-state index contributed by atoms with van der Waals surface area (Å²) >= 11 is 0. The van der Waals surface area contributed by atoms with Crippen LogP contribution >= 0.6 is 0 Å². The standard InChI is InChI=1S/C58H71N3O5/c1-33-24-39-19-20-45-41-27-36-30-60(32-41)46(37-13-3-2-4-14-37)29-47(62)53-56-22-21-42-44-28-40(49(33)51(42)52(39)61(45)31-36)26-35-12-7-11-34(25-35)10-5-6-18-48(57(44,56)55(64)65-53)58(56)43-17-8-15-38(16-9-23-59)50(43)54(63)66-58/h7-8,11-12,15,17,25,33,36-37,40-41,45-46,48-49,51,62H,2-6,9-10,13-14,16,18-24,26-32,59H2,1H3/b53-47-/t33-,36+,40+,41-,45+,46-,48-,49+,51-,56+,57-,58+/m0/s1. The number of rotatable bonds is 4. The van der Waals surface area contributed by atoms with E-state index in [0.717, 1.165) is 82.1 Å². The Morgan fingerprint density at radius 1 is 0.833 bits per heavy atom. The number of carbonyl (C=O) groups is 2. The van der Waals surface area contributed by atoms with E-state index in [4.69, 9.17) is 15.2 Å². The zero-order chi connectivity index (χ0) is 44.3. The smallest absolute Gasteiger partial charge is 0.339 e. The fourth-order valence-electron chi connectivity index (χ4n) is 19.3. The fraction of sp³-hybridized carbons (Fsp3) is 0.655. The third-order valence-corrected chi connectivity index (χ3v) is 21.2. The van der Waals surface area contributed by atoms with Gasteiger partial charge in [-0.2, -0.15) is 0 Å². The topological polar surface area (TPSA) is 105 Å². The maximum atomic E-state index is 16.3. The van der Waals surface area contributed by atoms with Crippen molar-refractivity contribution in [1.82, 2.24) is 9.80 Å². The van der Waals surface area contributed by atoms with Crippen LogP contribution in [0.15, 0.2) is 76.4 Å². The number of nitrogens with zero attached hydrogens (tertiary/aromatic N) is 2. The molecule has 0 aromatic heterocycles. The minimum Gasteiger partial charge on any atom is -0.509 e. The van der Waals surface area contributed by atoms with Gasteiger partial charge in [-0.05, 0) is 155 Å². The Hall–Kier alpha value is -3.88. The molecule has 15 aliphatic rings. The number of aliphatic hydroxyl groups excluding tert-OH is 1. The number of carbonyl (C=O) groups excluding carboxylic acids is 2. The molecule has 6 aliphatic carbocycles. The molecular formula is C58H71N3O5. The van der Waals surface area contributed by atoms with E-state index in [1.807, 2.05) is 0 Å². The van der Waals surface area contributed by atoms with Gasteiger partial charge in [0, 0.05) is 61.2 Å². The van der Waals surface area contributed by atoms with Crippen molar-refractivity contribution in [1.29, 1.82) is 0 Å². The number of hydrogen-bond acceptors (Lipinski definition) is 8. The number of piperidine rings is 2. The molecule has 3 saturated heterocycles. The van der Waals surface area contributed by atoms with E-state index >= 15 is 9.59 Å². The van der Waals surface area contributed by atoms with Crippen molar-refractivity contribution in [2.45, 2.75) is 153 Å². The zero-order valence-electron chi connectivity index (χ0n) is 39.3.